The lowest BCUT2D eigenvalue weighted by Gasteiger charge is -2.57. The van der Waals surface area contributed by atoms with Crippen LogP contribution >= 0.6 is 11.6 Å². The molecule has 0 radical (unpaired) electrons. The molecule has 0 aromatic heterocycles. The number of rotatable bonds is 1. The second-order valence-corrected chi connectivity index (χ2v) is 6.19. The first-order valence-corrected chi connectivity index (χ1v) is 6.31. The fraction of sp³-hybridized carbons (Fsp3) is 0.917. The molecule has 2 nitrogen and oxygen atoms in total. The van der Waals surface area contributed by atoms with Gasteiger partial charge in [0.2, 0.25) is 0 Å². The fourth-order valence-electron chi connectivity index (χ4n) is 4.43. The summed E-state index contributed by atoms with van der Waals surface area (Å²) in [7, 11) is 1.51. The van der Waals surface area contributed by atoms with Crippen LogP contribution in [0.2, 0.25) is 0 Å². The van der Waals surface area contributed by atoms with Crippen LogP contribution in [0.25, 0.3) is 0 Å². The van der Waals surface area contributed by atoms with Gasteiger partial charge in [-0.3, -0.25) is 4.79 Å². The second kappa shape index (κ2) is 3.13. The normalized spacial score (nSPS) is 51.9. The first-order chi connectivity index (χ1) is 7.14. The maximum absolute atomic E-state index is 11.9. The van der Waals surface area contributed by atoms with Crippen LogP contribution in [0, 0.1) is 23.2 Å². The molecule has 4 rings (SSSR count). The number of hydrogen-bond acceptors (Lipinski definition) is 2. The maximum atomic E-state index is 11.9. The third kappa shape index (κ3) is 1.27. The van der Waals surface area contributed by atoms with Crippen molar-refractivity contribution in [2.45, 2.75) is 37.5 Å². The topological polar surface area (TPSA) is 26.3 Å². The molecule has 0 amide bonds. The number of ether oxygens (including phenoxy) is 1. The van der Waals surface area contributed by atoms with Crippen LogP contribution in [0.1, 0.15) is 32.1 Å². The molecule has 3 heteroatoms. The Balaban J connectivity index is 1.92. The highest BCUT2D eigenvalue weighted by Gasteiger charge is 2.58. The lowest BCUT2D eigenvalue weighted by atomic mass is 9.49. The molecule has 0 saturated heterocycles. The first kappa shape index (κ1) is 9.95. The molecule has 4 aliphatic rings. The van der Waals surface area contributed by atoms with E-state index in [2.05, 4.69) is 0 Å². The molecule has 2 atom stereocenters. The number of halogens is 1. The summed E-state index contributed by atoms with van der Waals surface area (Å²) in [5, 5.41) is 0.319. The van der Waals surface area contributed by atoms with E-state index in [0.717, 1.165) is 25.2 Å². The van der Waals surface area contributed by atoms with Gasteiger partial charge in [0.15, 0.2) is 0 Å². The smallest absolute Gasteiger partial charge is 0.311 e. The van der Waals surface area contributed by atoms with E-state index >= 15 is 0 Å². The van der Waals surface area contributed by atoms with Gasteiger partial charge in [0.1, 0.15) is 0 Å². The number of hydrogen-bond donors (Lipinski definition) is 0. The molecule has 0 aliphatic heterocycles. The molecule has 4 bridgehead atoms. The predicted molar refractivity (Wildman–Crippen MR) is 57.6 cm³/mol. The average molecular weight is 229 g/mol. The summed E-state index contributed by atoms with van der Waals surface area (Å²) in [6.45, 7) is 0. The Morgan fingerprint density at radius 2 is 1.87 bits per heavy atom. The Kier molecular flexibility index (Phi) is 2.08. The van der Waals surface area contributed by atoms with Gasteiger partial charge in [0.25, 0.3) is 0 Å². The SMILES string of the molecule is COC(=O)C12CC3CC(C1)C(Cl)C(C3)C2. The molecule has 4 aliphatic carbocycles. The number of carbonyl (C=O) groups is 1. The fourth-order valence-corrected chi connectivity index (χ4v) is 4.81. The summed E-state index contributed by atoms with van der Waals surface area (Å²) in [4.78, 5) is 11.9. The number of alkyl halides is 1. The third-order valence-corrected chi connectivity index (χ3v) is 5.49. The molecule has 4 saturated carbocycles. The highest BCUT2D eigenvalue weighted by Crippen LogP contribution is 2.61. The molecule has 0 spiro atoms. The van der Waals surface area contributed by atoms with Crippen LogP contribution in [0.15, 0.2) is 0 Å². The van der Waals surface area contributed by atoms with Crippen molar-refractivity contribution >= 4 is 17.6 Å². The summed E-state index contributed by atoms with van der Waals surface area (Å²) in [5.41, 5.74) is -0.156. The van der Waals surface area contributed by atoms with Crippen LogP contribution in [-0.4, -0.2) is 18.5 Å². The molecule has 0 N–H and O–H groups in total. The van der Waals surface area contributed by atoms with E-state index in [1.807, 2.05) is 0 Å². The zero-order valence-electron chi connectivity index (χ0n) is 9.04. The van der Waals surface area contributed by atoms with Gasteiger partial charge in [-0.15, -0.1) is 11.6 Å². The van der Waals surface area contributed by atoms with Crippen LogP contribution in [-0.2, 0) is 9.53 Å². The van der Waals surface area contributed by atoms with E-state index in [1.54, 1.807) is 0 Å². The zero-order chi connectivity index (χ0) is 10.6. The van der Waals surface area contributed by atoms with Crippen molar-refractivity contribution in [3.63, 3.8) is 0 Å². The van der Waals surface area contributed by atoms with Gasteiger partial charge in [-0.05, 0) is 49.9 Å². The molecular weight excluding hydrogens is 212 g/mol. The third-order valence-electron chi connectivity index (χ3n) is 4.78. The van der Waals surface area contributed by atoms with Crippen molar-refractivity contribution in [3.8, 4) is 0 Å². The van der Waals surface area contributed by atoms with Gasteiger partial charge < -0.3 is 4.74 Å². The molecule has 84 valence electrons. The number of esters is 1. The van der Waals surface area contributed by atoms with Crippen LogP contribution in [0.3, 0.4) is 0 Å². The van der Waals surface area contributed by atoms with Crippen molar-refractivity contribution in [3.05, 3.63) is 0 Å². The van der Waals surface area contributed by atoms with Crippen molar-refractivity contribution in [2.24, 2.45) is 23.2 Å². The lowest BCUT2D eigenvalue weighted by molar-refractivity contribution is -0.167. The minimum atomic E-state index is -0.156. The quantitative estimate of drug-likeness (QED) is 0.510. The molecular formula is C12H17ClO2. The van der Waals surface area contributed by atoms with Gasteiger partial charge in [-0.2, -0.15) is 0 Å². The van der Waals surface area contributed by atoms with Crippen LogP contribution in [0.4, 0.5) is 0 Å². The van der Waals surface area contributed by atoms with Gasteiger partial charge in [-0.1, -0.05) is 0 Å². The molecule has 0 aromatic carbocycles. The summed E-state index contributed by atoms with van der Waals surface area (Å²) in [5.74, 6) is 1.89. The Hall–Kier alpha value is -0.240. The minimum absolute atomic E-state index is 0.0190. The van der Waals surface area contributed by atoms with Gasteiger partial charge in [-0.25, -0.2) is 0 Å². The highest BCUT2D eigenvalue weighted by atomic mass is 35.5. The predicted octanol–water partition coefficient (Wildman–Crippen LogP) is 2.59. The Labute approximate surface area is 95.3 Å². The largest absolute Gasteiger partial charge is 0.469 e. The zero-order valence-corrected chi connectivity index (χ0v) is 9.80. The van der Waals surface area contributed by atoms with E-state index in [4.69, 9.17) is 16.3 Å². The number of methoxy groups -OCH3 is 1. The van der Waals surface area contributed by atoms with Crippen molar-refractivity contribution in [2.75, 3.05) is 7.11 Å². The van der Waals surface area contributed by atoms with E-state index in [9.17, 15) is 4.79 Å². The Morgan fingerprint density at radius 1 is 1.27 bits per heavy atom. The van der Waals surface area contributed by atoms with Crippen LogP contribution in [0.5, 0.6) is 0 Å². The number of carbonyl (C=O) groups excluding carboxylic acids is 1. The van der Waals surface area contributed by atoms with E-state index in [1.165, 1.54) is 20.0 Å². The minimum Gasteiger partial charge on any atom is -0.469 e. The molecule has 0 heterocycles. The summed E-state index contributed by atoms with van der Waals surface area (Å²) < 4.78 is 4.99. The highest BCUT2D eigenvalue weighted by molar-refractivity contribution is 6.21. The summed E-state index contributed by atoms with van der Waals surface area (Å²) in [6.07, 6.45) is 5.48. The maximum Gasteiger partial charge on any atom is 0.311 e. The summed E-state index contributed by atoms with van der Waals surface area (Å²) in [6, 6.07) is 0. The molecule has 0 aromatic rings. The average Bonchev–Trinajstić information content (AvgIpc) is 2.23. The summed E-state index contributed by atoms with van der Waals surface area (Å²) >= 11 is 6.43. The Morgan fingerprint density at radius 3 is 2.40 bits per heavy atom. The van der Waals surface area contributed by atoms with E-state index < -0.39 is 0 Å². The first-order valence-electron chi connectivity index (χ1n) is 5.87. The van der Waals surface area contributed by atoms with E-state index in [-0.39, 0.29) is 11.4 Å². The second-order valence-electron chi connectivity index (χ2n) is 5.69. The van der Waals surface area contributed by atoms with Crippen LogP contribution < -0.4 is 0 Å². The van der Waals surface area contributed by atoms with Gasteiger partial charge in [0.05, 0.1) is 12.5 Å². The standard InChI is InChI=1S/C12H17ClO2/c1-15-11(14)12-4-7-2-8(5-12)10(13)9(3-7)6-12/h7-10H,2-6H2,1H3. The van der Waals surface area contributed by atoms with E-state index in [0.29, 0.717) is 17.2 Å². The van der Waals surface area contributed by atoms with Crippen molar-refractivity contribution < 1.29 is 9.53 Å². The van der Waals surface area contributed by atoms with Crippen molar-refractivity contribution in [1.29, 1.82) is 0 Å². The van der Waals surface area contributed by atoms with Gasteiger partial charge in [0, 0.05) is 5.38 Å². The monoisotopic (exact) mass is 228 g/mol. The van der Waals surface area contributed by atoms with Crippen molar-refractivity contribution in [1.82, 2.24) is 0 Å². The Bertz CT molecular complexity index is 286. The molecule has 2 unspecified atom stereocenters. The molecule has 15 heavy (non-hydrogen) atoms. The van der Waals surface area contributed by atoms with Gasteiger partial charge >= 0.3 is 5.97 Å². The molecule has 4 fully saturated rings. The lowest BCUT2D eigenvalue weighted by Crippen LogP contribution is -2.55.